The fourth-order valence-corrected chi connectivity index (χ4v) is 2.22. The lowest BCUT2D eigenvalue weighted by Crippen LogP contribution is -2.06. The van der Waals surface area contributed by atoms with Gasteiger partial charge in [-0.2, -0.15) is 4.37 Å². The molecule has 0 atom stereocenters. The fourth-order valence-electron chi connectivity index (χ4n) is 1.57. The molecule has 1 aromatic carbocycles. The van der Waals surface area contributed by atoms with Crippen molar-refractivity contribution in [1.82, 2.24) is 9.36 Å². The molecule has 2 rings (SSSR count). The van der Waals surface area contributed by atoms with Gasteiger partial charge in [-0.05, 0) is 56.6 Å². The van der Waals surface area contributed by atoms with Crippen LogP contribution < -0.4 is 4.74 Å². The minimum absolute atomic E-state index is 0.106. The number of nitrogens with zero attached hydrogens (tertiary/aromatic N) is 2. The van der Waals surface area contributed by atoms with Gasteiger partial charge in [-0.1, -0.05) is 0 Å². The van der Waals surface area contributed by atoms with Gasteiger partial charge in [0, 0.05) is 5.56 Å². The largest absolute Gasteiger partial charge is 0.491 e. The molecule has 5 nitrogen and oxygen atoms in total. The van der Waals surface area contributed by atoms with Gasteiger partial charge in [0.2, 0.25) is 0 Å². The molecule has 0 fully saturated rings. The maximum Gasteiger partial charge on any atom is 0.377 e. The summed E-state index contributed by atoms with van der Waals surface area (Å²) in [6.45, 7) is 6.02. The first-order valence-corrected chi connectivity index (χ1v) is 7.15. The second kappa shape index (κ2) is 6.47. The molecule has 0 amide bonds. The molecule has 0 saturated heterocycles. The summed E-state index contributed by atoms with van der Waals surface area (Å²) in [4.78, 5) is 15.7. The highest BCUT2D eigenvalue weighted by Gasteiger charge is 2.14. The van der Waals surface area contributed by atoms with Crippen molar-refractivity contribution in [2.24, 2.45) is 0 Å². The molecule has 0 unspecified atom stereocenters. The van der Waals surface area contributed by atoms with E-state index in [9.17, 15) is 4.79 Å². The summed E-state index contributed by atoms with van der Waals surface area (Å²) >= 11 is 1.17. The van der Waals surface area contributed by atoms with E-state index in [0.29, 0.717) is 11.6 Å². The molecule has 1 heterocycles. The Labute approximate surface area is 121 Å². The molecule has 106 valence electrons. The van der Waals surface area contributed by atoms with Crippen molar-refractivity contribution < 1.29 is 14.3 Å². The van der Waals surface area contributed by atoms with Gasteiger partial charge in [-0.3, -0.25) is 0 Å². The van der Waals surface area contributed by atoms with Crippen LogP contribution in [0.3, 0.4) is 0 Å². The van der Waals surface area contributed by atoms with E-state index in [-0.39, 0.29) is 11.9 Å². The average molecular weight is 292 g/mol. The molecule has 0 radical (unpaired) electrons. The van der Waals surface area contributed by atoms with Crippen LogP contribution in [0.1, 0.15) is 31.4 Å². The van der Waals surface area contributed by atoms with E-state index < -0.39 is 5.97 Å². The zero-order valence-corrected chi connectivity index (χ0v) is 12.4. The van der Waals surface area contributed by atoms with Crippen LogP contribution in [0, 0.1) is 0 Å². The molecular formula is C14H16N2O3S. The zero-order valence-electron chi connectivity index (χ0n) is 11.6. The van der Waals surface area contributed by atoms with Crippen molar-refractivity contribution in [2.75, 3.05) is 6.61 Å². The van der Waals surface area contributed by atoms with Crippen molar-refractivity contribution in [3.63, 3.8) is 0 Å². The van der Waals surface area contributed by atoms with Crippen molar-refractivity contribution in [2.45, 2.75) is 26.9 Å². The van der Waals surface area contributed by atoms with Crippen molar-refractivity contribution in [3.8, 4) is 16.3 Å². The number of esters is 1. The molecule has 0 aliphatic carbocycles. The number of hydrogen-bond donors (Lipinski definition) is 0. The smallest absolute Gasteiger partial charge is 0.377 e. The van der Waals surface area contributed by atoms with Gasteiger partial charge in [-0.25, -0.2) is 9.78 Å². The molecule has 2 aromatic rings. The van der Waals surface area contributed by atoms with Crippen LogP contribution in [0.2, 0.25) is 0 Å². The number of ether oxygens (including phenoxy) is 2. The van der Waals surface area contributed by atoms with Crippen LogP contribution >= 0.6 is 11.5 Å². The van der Waals surface area contributed by atoms with Gasteiger partial charge >= 0.3 is 5.97 Å². The Bertz CT molecular complexity index is 578. The molecule has 0 aliphatic rings. The molecular weight excluding hydrogens is 276 g/mol. The number of aromatic nitrogens is 2. The molecule has 0 bridgehead atoms. The minimum Gasteiger partial charge on any atom is -0.491 e. The van der Waals surface area contributed by atoms with Gasteiger partial charge < -0.3 is 9.47 Å². The maximum atomic E-state index is 11.5. The first kappa shape index (κ1) is 14.5. The predicted octanol–water partition coefficient (Wildman–Crippen LogP) is 3.17. The van der Waals surface area contributed by atoms with Crippen LogP contribution in [0.5, 0.6) is 5.75 Å². The lowest BCUT2D eigenvalue weighted by Gasteiger charge is -2.09. The number of hydrogen-bond acceptors (Lipinski definition) is 6. The van der Waals surface area contributed by atoms with E-state index >= 15 is 0 Å². The summed E-state index contributed by atoms with van der Waals surface area (Å²) in [5, 5.41) is 0.684. The molecule has 0 saturated carbocycles. The summed E-state index contributed by atoms with van der Waals surface area (Å²) in [5.74, 6) is 0.419. The van der Waals surface area contributed by atoms with Crippen LogP contribution in [-0.2, 0) is 4.74 Å². The number of rotatable bonds is 5. The third-order valence-corrected chi connectivity index (χ3v) is 3.12. The Hall–Kier alpha value is -1.95. The Morgan fingerprint density at radius 1 is 1.30 bits per heavy atom. The Balaban J connectivity index is 2.14. The number of benzene rings is 1. The number of carbonyl (C=O) groups excluding carboxylic acids is 1. The summed E-state index contributed by atoms with van der Waals surface area (Å²) in [6.07, 6.45) is 0.137. The Morgan fingerprint density at radius 3 is 2.60 bits per heavy atom. The van der Waals surface area contributed by atoms with E-state index in [0.717, 1.165) is 11.3 Å². The molecule has 0 aliphatic heterocycles. The Morgan fingerprint density at radius 2 is 2.00 bits per heavy atom. The number of carbonyl (C=O) groups is 1. The Kier molecular flexibility index (Phi) is 4.68. The van der Waals surface area contributed by atoms with Gasteiger partial charge in [0.25, 0.3) is 5.82 Å². The van der Waals surface area contributed by atoms with Crippen LogP contribution in [-0.4, -0.2) is 28.0 Å². The summed E-state index contributed by atoms with van der Waals surface area (Å²) in [5.41, 5.74) is 0.897. The van der Waals surface area contributed by atoms with Crippen molar-refractivity contribution >= 4 is 17.5 Å². The second-order valence-corrected chi connectivity index (χ2v) is 5.09. The van der Waals surface area contributed by atoms with E-state index in [2.05, 4.69) is 9.36 Å². The van der Waals surface area contributed by atoms with E-state index in [4.69, 9.17) is 9.47 Å². The van der Waals surface area contributed by atoms with E-state index in [1.165, 1.54) is 11.5 Å². The molecule has 1 aromatic heterocycles. The van der Waals surface area contributed by atoms with Gasteiger partial charge in [-0.15, -0.1) is 0 Å². The monoisotopic (exact) mass is 292 g/mol. The summed E-state index contributed by atoms with van der Waals surface area (Å²) in [6, 6.07) is 7.54. The van der Waals surface area contributed by atoms with Gasteiger partial charge in [0.15, 0.2) is 0 Å². The first-order valence-electron chi connectivity index (χ1n) is 6.38. The molecule has 6 heteroatoms. The lowest BCUT2D eigenvalue weighted by atomic mass is 10.2. The molecule has 0 spiro atoms. The van der Waals surface area contributed by atoms with Gasteiger partial charge in [0.1, 0.15) is 10.8 Å². The summed E-state index contributed by atoms with van der Waals surface area (Å²) in [7, 11) is 0. The summed E-state index contributed by atoms with van der Waals surface area (Å²) < 4.78 is 14.4. The quantitative estimate of drug-likeness (QED) is 0.792. The highest BCUT2D eigenvalue weighted by molar-refractivity contribution is 7.09. The first-order chi connectivity index (χ1) is 9.60. The van der Waals surface area contributed by atoms with Crippen LogP contribution in [0.4, 0.5) is 0 Å². The van der Waals surface area contributed by atoms with E-state index in [1.54, 1.807) is 6.92 Å². The minimum atomic E-state index is -0.491. The van der Waals surface area contributed by atoms with Gasteiger partial charge in [0.05, 0.1) is 12.7 Å². The van der Waals surface area contributed by atoms with Crippen molar-refractivity contribution in [1.29, 1.82) is 0 Å². The topological polar surface area (TPSA) is 61.3 Å². The SMILES string of the molecule is CCOC(=O)c1nsc(-c2ccc(OC(C)C)cc2)n1. The second-order valence-electron chi connectivity index (χ2n) is 4.33. The van der Waals surface area contributed by atoms with Crippen molar-refractivity contribution in [3.05, 3.63) is 30.1 Å². The highest BCUT2D eigenvalue weighted by Crippen LogP contribution is 2.24. The highest BCUT2D eigenvalue weighted by atomic mass is 32.1. The third kappa shape index (κ3) is 3.54. The normalized spacial score (nSPS) is 10.6. The zero-order chi connectivity index (χ0) is 14.5. The van der Waals surface area contributed by atoms with Crippen LogP contribution in [0.25, 0.3) is 10.6 Å². The fraction of sp³-hybridized carbons (Fsp3) is 0.357. The van der Waals surface area contributed by atoms with E-state index in [1.807, 2.05) is 38.1 Å². The average Bonchev–Trinajstić information content (AvgIpc) is 2.89. The molecule has 0 N–H and O–H groups in total. The third-order valence-electron chi connectivity index (χ3n) is 2.36. The maximum absolute atomic E-state index is 11.5. The van der Waals surface area contributed by atoms with Crippen LogP contribution in [0.15, 0.2) is 24.3 Å². The predicted molar refractivity (Wildman–Crippen MR) is 77.1 cm³/mol. The lowest BCUT2D eigenvalue weighted by molar-refractivity contribution is 0.0514. The molecule has 20 heavy (non-hydrogen) atoms. The standard InChI is InChI=1S/C14H16N2O3S/c1-4-18-14(17)12-15-13(20-16-12)10-5-7-11(8-6-10)19-9(2)3/h5-9H,4H2,1-3H3.